The Bertz CT molecular complexity index is 687. The highest BCUT2D eigenvalue weighted by atomic mass is 19.1. The van der Waals surface area contributed by atoms with E-state index < -0.39 is 0 Å². The van der Waals surface area contributed by atoms with Crippen LogP contribution in [0.3, 0.4) is 0 Å². The zero-order valence-corrected chi connectivity index (χ0v) is 13.6. The molecule has 0 spiro atoms. The van der Waals surface area contributed by atoms with Gasteiger partial charge in [-0.3, -0.25) is 4.79 Å². The summed E-state index contributed by atoms with van der Waals surface area (Å²) in [5.41, 5.74) is 0.677. The molecule has 6 nitrogen and oxygen atoms in total. The van der Waals surface area contributed by atoms with Gasteiger partial charge in [0.25, 0.3) is 0 Å². The van der Waals surface area contributed by atoms with Gasteiger partial charge in [-0.25, -0.2) is 4.39 Å². The van der Waals surface area contributed by atoms with Gasteiger partial charge >= 0.3 is 0 Å². The Kier molecular flexibility index (Phi) is 5.20. The zero-order valence-electron chi connectivity index (χ0n) is 13.6. The summed E-state index contributed by atoms with van der Waals surface area (Å²) in [6, 6.07) is 5.87. The number of halogens is 1. The molecule has 0 saturated carbocycles. The van der Waals surface area contributed by atoms with Gasteiger partial charge in [0.15, 0.2) is 0 Å². The molecular weight excluding hydrogens is 313 g/mol. The van der Waals surface area contributed by atoms with Crippen LogP contribution in [0.1, 0.15) is 25.7 Å². The number of nitrogens with zero attached hydrogens (tertiary/aromatic N) is 3. The van der Waals surface area contributed by atoms with E-state index in [4.69, 9.17) is 9.26 Å². The molecule has 0 N–H and O–H groups in total. The average Bonchev–Trinajstić information content (AvgIpc) is 3.09. The van der Waals surface area contributed by atoms with Crippen LogP contribution in [0.5, 0.6) is 0 Å². The first-order valence-corrected chi connectivity index (χ1v) is 8.13. The summed E-state index contributed by atoms with van der Waals surface area (Å²) in [7, 11) is 0. The van der Waals surface area contributed by atoms with Crippen molar-refractivity contribution in [2.75, 3.05) is 19.7 Å². The van der Waals surface area contributed by atoms with Gasteiger partial charge in [0, 0.05) is 31.5 Å². The van der Waals surface area contributed by atoms with E-state index in [1.165, 1.54) is 12.1 Å². The minimum atomic E-state index is -0.316. The number of hydrogen-bond donors (Lipinski definition) is 0. The molecule has 3 rings (SSSR count). The van der Waals surface area contributed by atoms with Crippen molar-refractivity contribution in [1.29, 1.82) is 0 Å². The van der Waals surface area contributed by atoms with Gasteiger partial charge in [-0.1, -0.05) is 12.1 Å². The molecule has 0 unspecified atom stereocenters. The number of amides is 1. The van der Waals surface area contributed by atoms with Crippen LogP contribution in [-0.2, 0) is 16.0 Å². The number of rotatable bonds is 5. The molecule has 24 heavy (non-hydrogen) atoms. The first-order chi connectivity index (χ1) is 11.7. The van der Waals surface area contributed by atoms with Crippen LogP contribution < -0.4 is 0 Å². The smallest absolute Gasteiger partial charge is 0.227 e. The number of carbonyl (C=O) groups is 1. The van der Waals surface area contributed by atoms with Crippen molar-refractivity contribution >= 4 is 5.91 Å². The average molecular weight is 333 g/mol. The summed E-state index contributed by atoms with van der Waals surface area (Å²) in [6.07, 6.45) is 1.73. The topological polar surface area (TPSA) is 68.5 Å². The largest absolute Gasteiger partial charge is 0.375 e. The number of hydrogen-bond acceptors (Lipinski definition) is 5. The van der Waals surface area contributed by atoms with Gasteiger partial charge in [0.05, 0.1) is 12.7 Å². The number of aryl methyl sites for hydroxylation is 1. The van der Waals surface area contributed by atoms with Crippen molar-refractivity contribution in [2.24, 2.45) is 0 Å². The number of morpholine rings is 1. The standard InChI is InChI=1S/C17H20FN3O3/c1-2-14-11-21(9-10-23-14)16(22)8-7-15-19-17(20-24-15)12-3-5-13(18)6-4-12/h3-6,14H,2,7-11H2,1H3/t14-/m0/s1. The zero-order chi connectivity index (χ0) is 16.9. The Labute approximate surface area is 139 Å². The van der Waals surface area contributed by atoms with Gasteiger partial charge in [-0.15, -0.1) is 0 Å². The van der Waals surface area contributed by atoms with E-state index >= 15 is 0 Å². The van der Waals surface area contributed by atoms with E-state index in [0.29, 0.717) is 49.8 Å². The van der Waals surface area contributed by atoms with E-state index in [1.807, 2.05) is 11.8 Å². The maximum absolute atomic E-state index is 12.9. The van der Waals surface area contributed by atoms with Crippen molar-refractivity contribution in [1.82, 2.24) is 15.0 Å². The predicted octanol–water partition coefficient (Wildman–Crippen LogP) is 2.45. The van der Waals surface area contributed by atoms with Crippen LogP contribution in [0.25, 0.3) is 11.4 Å². The lowest BCUT2D eigenvalue weighted by molar-refractivity contribution is -0.138. The molecule has 2 aromatic rings. The third-order valence-electron chi connectivity index (χ3n) is 4.07. The van der Waals surface area contributed by atoms with Crippen molar-refractivity contribution < 1.29 is 18.4 Å². The van der Waals surface area contributed by atoms with Crippen LogP contribution in [0, 0.1) is 5.82 Å². The number of ether oxygens (including phenoxy) is 1. The highest BCUT2D eigenvalue weighted by molar-refractivity contribution is 5.76. The van der Waals surface area contributed by atoms with Crippen LogP contribution in [0.2, 0.25) is 0 Å². The SMILES string of the molecule is CC[C@H]1CN(C(=O)CCc2nc(-c3ccc(F)cc3)no2)CCO1. The van der Waals surface area contributed by atoms with E-state index in [1.54, 1.807) is 12.1 Å². The maximum Gasteiger partial charge on any atom is 0.227 e. The highest BCUT2D eigenvalue weighted by Crippen LogP contribution is 2.17. The normalized spacial score (nSPS) is 17.9. The maximum atomic E-state index is 12.9. The summed E-state index contributed by atoms with van der Waals surface area (Å²) in [5, 5.41) is 3.88. The van der Waals surface area contributed by atoms with E-state index in [-0.39, 0.29) is 17.8 Å². The Morgan fingerprint density at radius 2 is 2.17 bits per heavy atom. The predicted molar refractivity (Wildman–Crippen MR) is 84.6 cm³/mol. The minimum absolute atomic E-state index is 0.0679. The quantitative estimate of drug-likeness (QED) is 0.841. The van der Waals surface area contributed by atoms with Crippen molar-refractivity contribution in [3.05, 3.63) is 36.0 Å². The third kappa shape index (κ3) is 3.97. The first-order valence-electron chi connectivity index (χ1n) is 8.13. The molecule has 0 bridgehead atoms. The number of benzene rings is 1. The fraction of sp³-hybridized carbons (Fsp3) is 0.471. The Hall–Kier alpha value is -2.28. The highest BCUT2D eigenvalue weighted by Gasteiger charge is 2.23. The monoisotopic (exact) mass is 333 g/mol. The molecule has 0 aliphatic carbocycles. The lowest BCUT2D eigenvalue weighted by Gasteiger charge is -2.32. The van der Waals surface area contributed by atoms with E-state index in [2.05, 4.69) is 10.1 Å². The lowest BCUT2D eigenvalue weighted by atomic mass is 10.2. The number of aromatic nitrogens is 2. The van der Waals surface area contributed by atoms with Crippen LogP contribution >= 0.6 is 0 Å². The molecule has 0 radical (unpaired) electrons. The Morgan fingerprint density at radius 1 is 1.38 bits per heavy atom. The summed E-state index contributed by atoms with van der Waals surface area (Å²) in [4.78, 5) is 18.4. The molecule has 2 heterocycles. The second-order valence-corrected chi connectivity index (χ2v) is 5.76. The summed E-state index contributed by atoms with van der Waals surface area (Å²) < 4.78 is 23.7. The second kappa shape index (κ2) is 7.53. The molecule has 7 heteroatoms. The van der Waals surface area contributed by atoms with Crippen molar-refractivity contribution in [3.63, 3.8) is 0 Å². The second-order valence-electron chi connectivity index (χ2n) is 5.76. The van der Waals surface area contributed by atoms with Gasteiger partial charge < -0.3 is 14.2 Å². The fourth-order valence-electron chi connectivity index (χ4n) is 2.64. The Morgan fingerprint density at radius 3 is 2.92 bits per heavy atom. The van der Waals surface area contributed by atoms with Gasteiger partial charge in [-0.2, -0.15) is 4.98 Å². The van der Waals surface area contributed by atoms with Crippen molar-refractivity contribution in [3.8, 4) is 11.4 Å². The Balaban J connectivity index is 1.55. The summed E-state index contributed by atoms with van der Waals surface area (Å²) >= 11 is 0. The molecule has 1 atom stereocenters. The van der Waals surface area contributed by atoms with Crippen LogP contribution in [-0.4, -0.2) is 46.7 Å². The van der Waals surface area contributed by atoms with Gasteiger partial charge in [0.1, 0.15) is 5.82 Å². The summed E-state index contributed by atoms with van der Waals surface area (Å²) in [6.45, 7) is 3.90. The molecule has 128 valence electrons. The summed E-state index contributed by atoms with van der Waals surface area (Å²) in [5.74, 6) is 0.556. The molecule has 1 aromatic carbocycles. The molecule has 1 saturated heterocycles. The minimum Gasteiger partial charge on any atom is -0.375 e. The van der Waals surface area contributed by atoms with E-state index in [9.17, 15) is 9.18 Å². The molecule has 1 aliphatic rings. The van der Waals surface area contributed by atoms with E-state index in [0.717, 1.165) is 6.42 Å². The van der Waals surface area contributed by atoms with Gasteiger partial charge in [0.2, 0.25) is 17.6 Å². The third-order valence-corrected chi connectivity index (χ3v) is 4.07. The first kappa shape index (κ1) is 16.6. The lowest BCUT2D eigenvalue weighted by Crippen LogP contribution is -2.45. The van der Waals surface area contributed by atoms with Crippen molar-refractivity contribution in [2.45, 2.75) is 32.3 Å². The fourth-order valence-corrected chi connectivity index (χ4v) is 2.64. The van der Waals surface area contributed by atoms with Crippen LogP contribution in [0.15, 0.2) is 28.8 Å². The molecule has 1 amide bonds. The molecule has 1 aliphatic heterocycles. The molecule has 1 fully saturated rings. The molecule has 1 aromatic heterocycles. The van der Waals surface area contributed by atoms with Gasteiger partial charge in [-0.05, 0) is 30.7 Å². The number of carbonyl (C=O) groups excluding carboxylic acids is 1. The molecular formula is C17H20FN3O3. The van der Waals surface area contributed by atoms with Crippen LogP contribution in [0.4, 0.5) is 4.39 Å².